The van der Waals surface area contributed by atoms with Crippen molar-refractivity contribution >= 4 is 29.1 Å². The molecule has 1 fully saturated rings. The van der Waals surface area contributed by atoms with Gasteiger partial charge in [0.1, 0.15) is 5.76 Å². The highest BCUT2D eigenvalue weighted by Gasteiger charge is 2.23. The molecule has 2 aromatic rings. The molecular weight excluding hydrogens is 392 g/mol. The molecule has 2 aromatic heterocycles. The van der Waals surface area contributed by atoms with Gasteiger partial charge < -0.3 is 19.8 Å². The summed E-state index contributed by atoms with van der Waals surface area (Å²) in [6.45, 7) is 5.93. The van der Waals surface area contributed by atoms with Crippen molar-refractivity contribution in [3.8, 4) is 0 Å². The maximum atomic E-state index is 5.54. The Morgan fingerprint density at radius 3 is 2.82 bits per heavy atom. The lowest BCUT2D eigenvalue weighted by atomic mass is 10.2. The molecule has 0 aliphatic carbocycles. The van der Waals surface area contributed by atoms with Crippen molar-refractivity contribution in [2.24, 2.45) is 4.99 Å². The number of hydrogen-bond acceptors (Lipinski definition) is 6. The molecule has 0 bridgehead atoms. The van der Waals surface area contributed by atoms with Gasteiger partial charge in [-0.2, -0.15) is 11.8 Å². The van der Waals surface area contributed by atoms with Crippen molar-refractivity contribution in [1.29, 1.82) is 0 Å². The summed E-state index contributed by atoms with van der Waals surface area (Å²) in [5.41, 5.74) is 0. The minimum Gasteiger partial charge on any atom is -0.469 e. The van der Waals surface area contributed by atoms with Crippen molar-refractivity contribution in [1.82, 2.24) is 15.5 Å². The maximum absolute atomic E-state index is 5.54. The summed E-state index contributed by atoms with van der Waals surface area (Å²) >= 11 is 3.64. The number of nitrogens with zero attached hydrogens (tertiary/aromatic N) is 2. The molecule has 0 radical (unpaired) electrons. The van der Waals surface area contributed by atoms with Crippen LogP contribution in [0.25, 0.3) is 0 Å². The second-order valence-corrected chi connectivity index (χ2v) is 8.51. The molecule has 3 heterocycles. The fourth-order valence-electron chi connectivity index (χ4n) is 3.14. The molecule has 0 saturated carbocycles. The minimum atomic E-state index is 0.299. The summed E-state index contributed by atoms with van der Waals surface area (Å²) in [4.78, 5) is 8.78. The molecule has 1 aliphatic rings. The fourth-order valence-corrected chi connectivity index (χ4v) is 4.30. The monoisotopic (exact) mass is 422 g/mol. The van der Waals surface area contributed by atoms with Crippen molar-refractivity contribution in [3.05, 3.63) is 46.5 Å². The van der Waals surface area contributed by atoms with E-state index in [2.05, 4.69) is 39.3 Å². The van der Waals surface area contributed by atoms with Crippen LogP contribution in [0.2, 0.25) is 0 Å². The smallest absolute Gasteiger partial charge is 0.191 e. The van der Waals surface area contributed by atoms with Crippen LogP contribution in [0.3, 0.4) is 0 Å². The van der Waals surface area contributed by atoms with Crippen molar-refractivity contribution < 1.29 is 9.15 Å². The minimum absolute atomic E-state index is 0.299. The highest BCUT2D eigenvalue weighted by atomic mass is 32.2. The van der Waals surface area contributed by atoms with Crippen LogP contribution in [0.1, 0.15) is 16.7 Å². The van der Waals surface area contributed by atoms with Crippen LogP contribution in [-0.2, 0) is 11.2 Å². The van der Waals surface area contributed by atoms with Crippen LogP contribution in [0.5, 0.6) is 0 Å². The summed E-state index contributed by atoms with van der Waals surface area (Å²) in [6.07, 6.45) is 4.68. The molecule has 28 heavy (non-hydrogen) atoms. The first-order chi connectivity index (χ1) is 13.9. The summed E-state index contributed by atoms with van der Waals surface area (Å²) < 4.78 is 11.0. The Morgan fingerprint density at radius 1 is 1.25 bits per heavy atom. The first-order valence-electron chi connectivity index (χ1n) is 9.75. The van der Waals surface area contributed by atoms with Crippen LogP contribution in [-0.4, -0.2) is 68.8 Å². The zero-order valence-corrected chi connectivity index (χ0v) is 18.1. The highest BCUT2D eigenvalue weighted by Crippen LogP contribution is 2.26. The molecule has 0 aromatic carbocycles. The Labute approximate surface area is 175 Å². The van der Waals surface area contributed by atoms with E-state index in [9.17, 15) is 0 Å². The Hall–Kier alpha value is -1.48. The van der Waals surface area contributed by atoms with Gasteiger partial charge in [0.25, 0.3) is 0 Å². The van der Waals surface area contributed by atoms with Gasteiger partial charge in [0, 0.05) is 43.2 Å². The van der Waals surface area contributed by atoms with Gasteiger partial charge in [-0.3, -0.25) is 9.89 Å². The lowest BCUT2D eigenvalue weighted by Crippen LogP contribution is -2.42. The zero-order valence-electron chi connectivity index (χ0n) is 16.4. The average molecular weight is 423 g/mol. The number of hydrogen-bond donors (Lipinski definition) is 2. The molecule has 1 saturated heterocycles. The quantitative estimate of drug-likeness (QED) is 0.349. The molecule has 1 unspecified atom stereocenters. The van der Waals surface area contributed by atoms with Crippen molar-refractivity contribution in [3.63, 3.8) is 0 Å². The number of morpholine rings is 1. The van der Waals surface area contributed by atoms with E-state index >= 15 is 0 Å². The molecular formula is C20H30N4O2S2. The van der Waals surface area contributed by atoms with Crippen LogP contribution < -0.4 is 10.6 Å². The second kappa shape index (κ2) is 12.2. The largest absolute Gasteiger partial charge is 0.469 e. The van der Waals surface area contributed by atoms with E-state index in [4.69, 9.17) is 14.1 Å². The lowest BCUT2D eigenvalue weighted by Gasteiger charge is -2.33. The Morgan fingerprint density at radius 2 is 2.11 bits per heavy atom. The third-order valence-electron chi connectivity index (χ3n) is 4.62. The van der Waals surface area contributed by atoms with Crippen LogP contribution in [0.4, 0.5) is 0 Å². The van der Waals surface area contributed by atoms with Crippen molar-refractivity contribution in [2.45, 2.75) is 12.5 Å². The first kappa shape index (κ1) is 21.2. The predicted octanol–water partition coefficient (Wildman–Crippen LogP) is 2.86. The molecule has 0 amide bonds. The number of aliphatic imine (C=N–C) groups is 1. The number of ether oxygens (including phenoxy) is 1. The third-order valence-corrected chi connectivity index (χ3v) is 6.21. The van der Waals surface area contributed by atoms with Crippen molar-refractivity contribution in [2.75, 3.05) is 57.9 Å². The second-order valence-electron chi connectivity index (χ2n) is 6.54. The van der Waals surface area contributed by atoms with Gasteiger partial charge in [-0.15, -0.1) is 11.3 Å². The molecule has 3 rings (SSSR count). The first-order valence-corrected chi connectivity index (χ1v) is 12.0. The van der Waals surface area contributed by atoms with Gasteiger partial charge in [0.15, 0.2) is 5.96 Å². The molecule has 8 heteroatoms. The molecule has 1 aliphatic heterocycles. The van der Waals surface area contributed by atoms with E-state index in [-0.39, 0.29) is 0 Å². The van der Waals surface area contributed by atoms with Gasteiger partial charge in [-0.25, -0.2) is 0 Å². The summed E-state index contributed by atoms with van der Waals surface area (Å²) in [5.74, 6) is 2.91. The molecule has 154 valence electrons. The average Bonchev–Trinajstić information content (AvgIpc) is 3.43. The Bertz CT molecular complexity index is 670. The van der Waals surface area contributed by atoms with E-state index in [0.717, 1.165) is 69.8 Å². The maximum Gasteiger partial charge on any atom is 0.191 e. The molecule has 1 atom stereocenters. The van der Waals surface area contributed by atoms with E-state index < -0.39 is 0 Å². The number of thioether (sulfide) groups is 1. The zero-order chi connectivity index (χ0) is 19.4. The Balaban J connectivity index is 1.61. The number of rotatable bonds is 10. The predicted molar refractivity (Wildman–Crippen MR) is 119 cm³/mol. The SMILES string of the molecule is CSCCNC(=NCC(c1cccs1)N1CCOCC1)NCCc1ccco1. The van der Waals surface area contributed by atoms with Crippen LogP contribution >= 0.6 is 23.1 Å². The van der Waals surface area contributed by atoms with E-state index in [0.29, 0.717) is 6.04 Å². The van der Waals surface area contributed by atoms with Gasteiger partial charge in [0.05, 0.1) is 32.1 Å². The number of furan rings is 1. The summed E-state index contributed by atoms with van der Waals surface area (Å²) in [6, 6.07) is 8.56. The topological polar surface area (TPSA) is 62.0 Å². The molecule has 6 nitrogen and oxygen atoms in total. The summed E-state index contributed by atoms with van der Waals surface area (Å²) in [7, 11) is 0. The Kier molecular flexibility index (Phi) is 9.22. The van der Waals surface area contributed by atoms with E-state index in [1.54, 1.807) is 17.6 Å². The number of guanidine groups is 1. The van der Waals surface area contributed by atoms with Gasteiger partial charge in [0.2, 0.25) is 0 Å². The normalized spacial score (nSPS) is 16.8. The van der Waals surface area contributed by atoms with Gasteiger partial charge in [-0.1, -0.05) is 6.07 Å². The standard InChI is InChI=1S/C20H30N4O2S2/c1-27-15-8-22-20(21-7-6-17-4-2-11-26-17)23-16-18(19-5-3-14-28-19)24-9-12-25-13-10-24/h2-5,11,14,18H,6-10,12-13,15-16H2,1H3,(H2,21,22,23). The van der Waals surface area contributed by atoms with Gasteiger partial charge in [-0.05, 0) is 29.8 Å². The highest BCUT2D eigenvalue weighted by molar-refractivity contribution is 7.98. The fraction of sp³-hybridized carbons (Fsp3) is 0.550. The van der Waals surface area contributed by atoms with Gasteiger partial charge >= 0.3 is 0 Å². The summed E-state index contributed by atoms with van der Waals surface area (Å²) in [5, 5.41) is 9.05. The number of thiophene rings is 1. The van der Waals surface area contributed by atoms with Crippen LogP contribution in [0.15, 0.2) is 45.3 Å². The van der Waals surface area contributed by atoms with E-state index in [1.165, 1.54) is 4.88 Å². The molecule has 0 spiro atoms. The molecule has 2 N–H and O–H groups in total. The van der Waals surface area contributed by atoms with E-state index in [1.807, 2.05) is 23.9 Å². The van der Waals surface area contributed by atoms with Crippen LogP contribution in [0, 0.1) is 0 Å². The number of nitrogens with one attached hydrogen (secondary N) is 2. The third kappa shape index (κ3) is 6.84. The lowest BCUT2D eigenvalue weighted by molar-refractivity contribution is 0.0186.